The van der Waals surface area contributed by atoms with Gasteiger partial charge in [-0.1, -0.05) is 30.6 Å². The van der Waals surface area contributed by atoms with Crippen molar-refractivity contribution in [2.45, 2.75) is 26.7 Å². The lowest BCUT2D eigenvalue weighted by atomic mass is 9.80. The van der Waals surface area contributed by atoms with Crippen LogP contribution in [0.15, 0.2) is 23.4 Å². The van der Waals surface area contributed by atoms with Crippen molar-refractivity contribution >= 4 is 29.0 Å². The molecule has 0 aliphatic rings. The first kappa shape index (κ1) is 16.2. The highest BCUT2D eigenvalue weighted by Gasteiger charge is 2.39. The molecule has 0 atom stereocenters. The second kappa shape index (κ2) is 6.56. The normalized spacial score (nSPS) is 12.3. The molecule has 4 N–H and O–H groups in total. The second-order valence-corrected chi connectivity index (χ2v) is 4.76. The van der Waals surface area contributed by atoms with Crippen LogP contribution in [0.5, 0.6) is 0 Å². The third-order valence-electron chi connectivity index (χ3n) is 3.42. The molecule has 1 rings (SSSR count). The van der Waals surface area contributed by atoms with Crippen LogP contribution in [0.3, 0.4) is 0 Å². The molecule has 0 aliphatic heterocycles. The molecule has 20 heavy (non-hydrogen) atoms. The fraction of sp³-hybridized carbons (Fsp3) is 0.385. The third-order valence-corrected chi connectivity index (χ3v) is 3.71. The number of nitrogens with zero attached hydrogens (tertiary/aromatic N) is 1. The Morgan fingerprint density at radius 1 is 1.50 bits per heavy atom. The number of oxime groups is 1. The van der Waals surface area contributed by atoms with Crippen LogP contribution in [0.1, 0.15) is 26.7 Å². The van der Waals surface area contributed by atoms with Crippen molar-refractivity contribution < 1.29 is 14.4 Å². The zero-order chi connectivity index (χ0) is 15.3. The number of amidine groups is 1. The first-order chi connectivity index (χ1) is 9.41. The molecule has 5 nitrogen and oxygen atoms in total. The number of nitrogens with one attached hydrogen (secondary N) is 1. The summed E-state index contributed by atoms with van der Waals surface area (Å²) in [4.78, 5) is 12.4. The Balaban J connectivity index is 3.06. The van der Waals surface area contributed by atoms with Crippen LogP contribution in [0.25, 0.3) is 0 Å². The maximum atomic E-state index is 13.1. The van der Waals surface area contributed by atoms with E-state index in [4.69, 9.17) is 22.5 Å². The molecule has 0 aromatic heterocycles. The monoisotopic (exact) mass is 301 g/mol. The minimum Gasteiger partial charge on any atom is -0.409 e. The first-order valence-corrected chi connectivity index (χ1v) is 6.53. The molecule has 0 saturated heterocycles. The molecule has 0 saturated carbocycles. The molecular weight excluding hydrogens is 285 g/mol. The second-order valence-electron chi connectivity index (χ2n) is 4.36. The number of rotatable bonds is 5. The summed E-state index contributed by atoms with van der Waals surface area (Å²) in [5, 5.41) is 14.3. The molecule has 0 unspecified atom stereocenters. The fourth-order valence-corrected chi connectivity index (χ4v) is 2.15. The van der Waals surface area contributed by atoms with E-state index in [0.29, 0.717) is 18.5 Å². The predicted molar refractivity (Wildman–Crippen MR) is 76.5 cm³/mol. The van der Waals surface area contributed by atoms with E-state index >= 15 is 0 Å². The minimum atomic E-state index is -1.12. The van der Waals surface area contributed by atoms with Crippen LogP contribution in [0, 0.1) is 11.2 Å². The van der Waals surface area contributed by atoms with Crippen LogP contribution in [-0.4, -0.2) is 17.0 Å². The number of benzene rings is 1. The van der Waals surface area contributed by atoms with Gasteiger partial charge in [-0.15, -0.1) is 0 Å². The number of carbonyl (C=O) groups excluding carboxylic acids is 1. The van der Waals surface area contributed by atoms with E-state index in [-0.39, 0.29) is 10.9 Å². The third kappa shape index (κ3) is 3.01. The molecule has 110 valence electrons. The Kier molecular flexibility index (Phi) is 5.33. The molecule has 1 amide bonds. The molecule has 0 bridgehead atoms. The van der Waals surface area contributed by atoms with Crippen LogP contribution in [-0.2, 0) is 4.79 Å². The van der Waals surface area contributed by atoms with Gasteiger partial charge in [0.15, 0.2) is 5.84 Å². The molecule has 0 aliphatic carbocycles. The molecule has 7 heteroatoms. The van der Waals surface area contributed by atoms with Gasteiger partial charge in [0.1, 0.15) is 11.2 Å². The number of nitrogens with two attached hydrogens (primary N) is 1. The molecule has 0 spiro atoms. The lowest BCUT2D eigenvalue weighted by molar-refractivity contribution is -0.122. The Hall–Kier alpha value is -1.82. The van der Waals surface area contributed by atoms with Crippen molar-refractivity contribution in [2.24, 2.45) is 16.3 Å². The van der Waals surface area contributed by atoms with E-state index in [0.717, 1.165) is 6.07 Å². The Labute approximate surface area is 121 Å². The Morgan fingerprint density at radius 2 is 2.10 bits per heavy atom. The highest BCUT2D eigenvalue weighted by molar-refractivity contribution is 6.31. The van der Waals surface area contributed by atoms with Crippen molar-refractivity contribution in [1.82, 2.24) is 0 Å². The van der Waals surface area contributed by atoms with Gasteiger partial charge in [-0.25, -0.2) is 4.39 Å². The lowest BCUT2D eigenvalue weighted by Gasteiger charge is -2.28. The highest BCUT2D eigenvalue weighted by atomic mass is 35.5. The zero-order valence-electron chi connectivity index (χ0n) is 11.3. The largest absolute Gasteiger partial charge is 0.409 e. The van der Waals surface area contributed by atoms with Crippen molar-refractivity contribution in [3.05, 3.63) is 29.0 Å². The fourth-order valence-electron chi connectivity index (χ4n) is 1.97. The van der Waals surface area contributed by atoms with Gasteiger partial charge < -0.3 is 16.3 Å². The Morgan fingerprint density at radius 3 is 2.55 bits per heavy atom. The maximum Gasteiger partial charge on any atom is 0.238 e. The van der Waals surface area contributed by atoms with Gasteiger partial charge in [0, 0.05) is 5.69 Å². The van der Waals surface area contributed by atoms with Gasteiger partial charge in [-0.05, 0) is 31.0 Å². The SMILES string of the molecule is CCC(CC)(C(=O)Nc1ccc(F)c(Cl)c1)C(N)=NO. The van der Waals surface area contributed by atoms with E-state index in [1.165, 1.54) is 12.1 Å². The first-order valence-electron chi connectivity index (χ1n) is 6.15. The molecule has 0 heterocycles. The number of carbonyl (C=O) groups is 1. The lowest BCUT2D eigenvalue weighted by Crippen LogP contribution is -2.46. The van der Waals surface area contributed by atoms with Gasteiger partial charge in [0.05, 0.1) is 5.02 Å². The molecule has 1 aromatic carbocycles. The van der Waals surface area contributed by atoms with Crippen molar-refractivity contribution in [3.63, 3.8) is 0 Å². The number of amides is 1. The standard InChI is InChI=1S/C13H17ClFN3O2/c1-3-13(4-2,11(16)18-20)12(19)17-8-5-6-10(15)9(14)7-8/h5-7,20H,3-4H2,1-2H3,(H2,16,18)(H,17,19). The number of halogens is 2. The summed E-state index contributed by atoms with van der Waals surface area (Å²) in [5.41, 5.74) is 4.87. The van der Waals surface area contributed by atoms with E-state index in [1.54, 1.807) is 13.8 Å². The van der Waals surface area contributed by atoms with E-state index in [1.807, 2.05) is 0 Å². The summed E-state index contributed by atoms with van der Waals surface area (Å²) < 4.78 is 13.1. The van der Waals surface area contributed by atoms with Gasteiger partial charge in [0.25, 0.3) is 0 Å². The Bertz CT molecular complexity index is 530. The van der Waals surface area contributed by atoms with Crippen LogP contribution >= 0.6 is 11.6 Å². The van der Waals surface area contributed by atoms with E-state index < -0.39 is 17.1 Å². The smallest absolute Gasteiger partial charge is 0.238 e. The number of hydrogen-bond donors (Lipinski definition) is 3. The van der Waals surface area contributed by atoms with Gasteiger partial charge in [-0.2, -0.15) is 0 Å². The summed E-state index contributed by atoms with van der Waals surface area (Å²) >= 11 is 5.65. The zero-order valence-corrected chi connectivity index (χ0v) is 12.0. The van der Waals surface area contributed by atoms with E-state index in [2.05, 4.69) is 10.5 Å². The highest BCUT2D eigenvalue weighted by Crippen LogP contribution is 2.29. The van der Waals surface area contributed by atoms with Crippen molar-refractivity contribution in [3.8, 4) is 0 Å². The van der Waals surface area contributed by atoms with Gasteiger partial charge in [0.2, 0.25) is 5.91 Å². The van der Waals surface area contributed by atoms with Gasteiger partial charge in [-0.3, -0.25) is 4.79 Å². The van der Waals surface area contributed by atoms with Crippen LogP contribution < -0.4 is 11.1 Å². The summed E-state index contributed by atoms with van der Waals surface area (Å²) in [6.07, 6.45) is 0.723. The molecule has 1 aromatic rings. The quantitative estimate of drug-likeness (QED) is 0.338. The average molecular weight is 302 g/mol. The van der Waals surface area contributed by atoms with Crippen molar-refractivity contribution in [2.75, 3.05) is 5.32 Å². The predicted octanol–water partition coefficient (Wildman–Crippen LogP) is 2.97. The maximum absolute atomic E-state index is 13.1. The minimum absolute atomic E-state index is 0.0924. The number of anilines is 1. The summed E-state index contributed by atoms with van der Waals surface area (Å²) in [7, 11) is 0. The molecular formula is C13H17ClFN3O2. The molecule has 0 radical (unpaired) electrons. The van der Waals surface area contributed by atoms with Crippen LogP contribution in [0.4, 0.5) is 10.1 Å². The van der Waals surface area contributed by atoms with Crippen LogP contribution in [0.2, 0.25) is 5.02 Å². The average Bonchev–Trinajstić information content (AvgIpc) is 2.44. The summed E-state index contributed by atoms with van der Waals surface area (Å²) in [5.74, 6) is -1.16. The van der Waals surface area contributed by atoms with E-state index in [9.17, 15) is 9.18 Å². The van der Waals surface area contributed by atoms with Crippen molar-refractivity contribution in [1.29, 1.82) is 0 Å². The summed E-state index contributed by atoms with van der Waals surface area (Å²) in [6.45, 7) is 3.53. The van der Waals surface area contributed by atoms with Gasteiger partial charge >= 0.3 is 0 Å². The molecule has 0 fully saturated rings. The number of hydrogen-bond acceptors (Lipinski definition) is 3. The summed E-state index contributed by atoms with van der Waals surface area (Å²) in [6, 6.07) is 3.85. The topological polar surface area (TPSA) is 87.7 Å².